The molecule has 2 aromatic rings. The van der Waals surface area contributed by atoms with Crippen molar-refractivity contribution in [3.05, 3.63) is 59.2 Å². The first-order valence-electron chi connectivity index (χ1n) is 9.05. The molecule has 0 unspecified atom stereocenters. The van der Waals surface area contributed by atoms with E-state index in [9.17, 15) is 18.0 Å². The van der Waals surface area contributed by atoms with Crippen molar-refractivity contribution in [3.63, 3.8) is 0 Å². The zero-order valence-corrected chi connectivity index (χ0v) is 15.6. The van der Waals surface area contributed by atoms with E-state index in [1.165, 1.54) is 12.1 Å². The van der Waals surface area contributed by atoms with Crippen LogP contribution in [0.4, 0.5) is 13.2 Å². The number of benzene rings is 2. The number of unbranched alkanes of at least 4 members (excludes halogenated alkanes) is 1. The summed E-state index contributed by atoms with van der Waals surface area (Å²) in [5.74, 6) is 0.0512. The first kappa shape index (κ1) is 21.6. The molecule has 0 radical (unpaired) electrons. The molecule has 0 aliphatic heterocycles. The van der Waals surface area contributed by atoms with E-state index in [0.29, 0.717) is 35.7 Å². The summed E-state index contributed by atoms with van der Waals surface area (Å²) in [7, 11) is 0. The van der Waals surface area contributed by atoms with Crippen LogP contribution in [0.1, 0.15) is 36.5 Å². The Labute approximate surface area is 161 Å². The van der Waals surface area contributed by atoms with Gasteiger partial charge in [-0.25, -0.2) is 0 Å². The quantitative estimate of drug-likeness (QED) is 0.566. The molecule has 0 heterocycles. The highest BCUT2D eigenvalue weighted by Crippen LogP contribution is 2.29. The number of carboxylic acids is 1. The predicted molar refractivity (Wildman–Crippen MR) is 98.8 cm³/mol. The SMILES string of the molecule is CCCCOc1cc(CC(=O)O)cc(OCCc2ccc(C(F)(F)F)cc2)c1. The molecule has 152 valence electrons. The van der Waals surface area contributed by atoms with Crippen LogP contribution in [0.5, 0.6) is 11.5 Å². The van der Waals surface area contributed by atoms with Gasteiger partial charge in [0.05, 0.1) is 25.2 Å². The zero-order valence-electron chi connectivity index (χ0n) is 15.6. The molecule has 0 aliphatic carbocycles. The maximum Gasteiger partial charge on any atom is 0.416 e. The summed E-state index contributed by atoms with van der Waals surface area (Å²) in [6.45, 7) is 2.81. The monoisotopic (exact) mass is 396 g/mol. The van der Waals surface area contributed by atoms with E-state index in [2.05, 4.69) is 0 Å². The van der Waals surface area contributed by atoms with Gasteiger partial charge in [-0.3, -0.25) is 4.79 Å². The Morgan fingerprint density at radius 2 is 1.57 bits per heavy atom. The molecule has 0 bridgehead atoms. The normalized spacial score (nSPS) is 11.3. The summed E-state index contributed by atoms with van der Waals surface area (Å²) >= 11 is 0. The van der Waals surface area contributed by atoms with Gasteiger partial charge in [0, 0.05) is 12.5 Å². The van der Waals surface area contributed by atoms with Crippen LogP contribution in [0, 0.1) is 0 Å². The van der Waals surface area contributed by atoms with Gasteiger partial charge in [0.1, 0.15) is 11.5 Å². The summed E-state index contributed by atoms with van der Waals surface area (Å²) in [6, 6.07) is 9.93. The second kappa shape index (κ2) is 10.0. The topological polar surface area (TPSA) is 55.8 Å². The van der Waals surface area contributed by atoms with Crippen molar-refractivity contribution in [2.24, 2.45) is 0 Å². The minimum absolute atomic E-state index is 0.153. The molecule has 0 saturated heterocycles. The first-order chi connectivity index (χ1) is 13.3. The molecule has 0 spiro atoms. The Morgan fingerprint density at radius 1 is 0.964 bits per heavy atom. The third kappa shape index (κ3) is 7.13. The molecule has 2 aromatic carbocycles. The van der Waals surface area contributed by atoms with E-state index >= 15 is 0 Å². The van der Waals surface area contributed by atoms with Crippen LogP contribution in [0.15, 0.2) is 42.5 Å². The third-order valence-corrected chi connectivity index (χ3v) is 4.00. The van der Waals surface area contributed by atoms with Gasteiger partial charge in [-0.05, 0) is 41.8 Å². The number of carbonyl (C=O) groups is 1. The number of hydrogen-bond acceptors (Lipinski definition) is 3. The molecule has 0 fully saturated rings. The molecule has 28 heavy (non-hydrogen) atoms. The molecule has 0 amide bonds. The summed E-state index contributed by atoms with van der Waals surface area (Å²) in [5.41, 5.74) is 0.590. The third-order valence-electron chi connectivity index (χ3n) is 4.00. The first-order valence-corrected chi connectivity index (χ1v) is 9.05. The van der Waals surface area contributed by atoms with E-state index in [1.807, 2.05) is 6.92 Å². The van der Waals surface area contributed by atoms with Crippen LogP contribution in [-0.4, -0.2) is 24.3 Å². The number of hydrogen-bond donors (Lipinski definition) is 1. The molecule has 2 rings (SSSR count). The van der Waals surface area contributed by atoms with Crippen molar-refractivity contribution in [1.82, 2.24) is 0 Å². The van der Waals surface area contributed by atoms with Crippen LogP contribution in [-0.2, 0) is 23.8 Å². The van der Waals surface area contributed by atoms with E-state index in [0.717, 1.165) is 25.0 Å². The van der Waals surface area contributed by atoms with Crippen LogP contribution >= 0.6 is 0 Å². The van der Waals surface area contributed by atoms with Gasteiger partial charge in [0.15, 0.2) is 0 Å². The predicted octanol–water partition coefficient (Wildman–Crippen LogP) is 5.13. The molecule has 0 aliphatic rings. The second-order valence-corrected chi connectivity index (χ2v) is 6.38. The van der Waals surface area contributed by atoms with Crippen molar-refractivity contribution < 1.29 is 32.5 Å². The molecular weight excluding hydrogens is 373 g/mol. The smallest absolute Gasteiger partial charge is 0.416 e. The fourth-order valence-corrected chi connectivity index (χ4v) is 2.56. The molecule has 0 atom stereocenters. The highest BCUT2D eigenvalue weighted by atomic mass is 19.4. The van der Waals surface area contributed by atoms with Crippen LogP contribution < -0.4 is 9.47 Å². The summed E-state index contributed by atoms with van der Waals surface area (Å²) in [5, 5.41) is 9.01. The number of alkyl halides is 3. The van der Waals surface area contributed by atoms with Gasteiger partial charge in [-0.1, -0.05) is 25.5 Å². The molecule has 7 heteroatoms. The lowest BCUT2D eigenvalue weighted by Gasteiger charge is -2.12. The van der Waals surface area contributed by atoms with Crippen LogP contribution in [0.2, 0.25) is 0 Å². The van der Waals surface area contributed by atoms with Crippen molar-refractivity contribution >= 4 is 5.97 Å². The lowest BCUT2D eigenvalue weighted by Crippen LogP contribution is -2.06. The van der Waals surface area contributed by atoms with E-state index in [1.54, 1.807) is 18.2 Å². The molecule has 0 saturated carbocycles. The Kier molecular flexibility index (Phi) is 7.72. The maximum atomic E-state index is 12.6. The fourth-order valence-electron chi connectivity index (χ4n) is 2.56. The number of ether oxygens (including phenoxy) is 2. The molecular formula is C21H23F3O4. The number of rotatable bonds is 10. The van der Waals surface area contributed by atoms with Gasteiger partial charge in [-0.15, -0.1) is 0 Å². The van der Waals surface area contributed by atoms with Crippen LogP contribution in [0.25, 0.3) is 0 Å². The molecule has 0 aromatic heterocycles. The Morgan fingerprint density at radius 3 is 2.11 bits per heavy atom. The standard InChI is InChI=1S/C21H23F3O4/c1-2-3-9-27-18-11-16(13-20(25)26)12-19(14-18)28-10-8-15-4-6-17(7-5-15)21(22,23)24/h4-7,11-12,14H,2-3,8-10,13H2,1H3,(H,25,26). The largest absolute Gasteiger partial charge is 0.493 e. The Bertz CT molecular complexity index is 770. The van der Waals surface area contributed by atoms with Crippen molar-refractivity contribution in [3.8, 4) is 11.5 Å². The van der Waals surface area contributed by atoms with Gasteiger partial charge < -0.3 is 14.6 Å². The summed E-state index contributed by atoms with van der Waals surface area (Å²) in [6.07, 6.45) is -2.22. The number of halogens is 3. The van der Waals surface area contributed by atoms with Crippen molar-refractivity contribution in [2.75, 3.05) is 13.2 Å². The van der Waals surface area contributed by atoms with Gasteiger partial charge in [-0.2, -0.15) is 13.2 Å². The minimum atomic E-state index is -4.35. The lowest BCUT2D eigenvalue weighted by atomic mass is 10.1. The number of carboxylic acid groups (broad SMARTS) is 1. The van der Waals surface area contributed by atoms with Crippen molar-refractivity contribution in [1.29, 1.82) is 0 Å². The number of aliphatic carboxylic acids is 1. The zero-order chi connectivity index (χ0) is 20.6. The summed E-state index contributed by atoms with van der Waals surface area (Å²) < 4.78 is 49.1. The van der Waals surface area contributed by atoms with E-state index in [4.69, 9.17) is 14.6 Å². The lowest BCUT2D eigenvalue weighted by molar-refractivity contribution is -0.138. The molecule has 1 N–H and O–H groups in total. The highest BCUT2D eigenvalue weighted by Gasteiger charge is 2.29. The van der Waals surface area contributed by atoms with Gasteiger partial charge >= 0.3 is 12.1 Å². The van der Waals surface area contributed by atoms with Crippen LogP contribution in [0.3, 0.4) is 0 Å². The van der Waals surface area contributed by atoms with E-state index in [-0.39, 0.29) is 13.0 Å². The average molecular weight is 396 g/mol. The fraction of sp³-hybridized carbons (Fsp3) is 0.381. The van der Waals surface area contributed by atoms with E-state index < -0.39 is 17.7 Å². The Hall–Kier alpha value is -2.70. The summed E-state index contributed by atoms with van der Waals surface area (Å²) in [4.78, 5) is 11.0. The van der Waals surface area contributed by atoms with Gasteiger partial charge in [0.2, 0.25) is 0 Å². The Balaban J connectivity index is 1.99. The molecule has 4 nitrogen and oxygen atoms in total. The van der Waals surface area contributed by atoms with Crippen molar-refractivity contribution in [2.45, 2.75) is 38.8 Å². The minimum Gasteiger partial charge on any atom is -0.493 e. The highest BCUT2D eigenvalue weighted by molar-refractivity contribution is 5.70. The average Bonchev–Trinajstić information content (AvgIpc) is 2.61. The maximum absolute atomic E-state index is 12.6. The second-order valence-electron chi connectivity index (χ2n) is 6.38. The van der Waals surface area contributed by atoms with Gasteiger partial charge in [0.25, 0.3) is 0 Å².